The van der Waals surface area contributed by atoms with Gasteiger partial charge in [0.1, 0.15) is 0 Å². The Balaban J connectivity index is 2.67. The molecule has 5 heteroatoms. The van der Waals surface area contributed by atoms with E-state index in [1.54, 1.807) is 12.1 Å². The Morgan fingerprint density at radius 3 is 2.13 bits per heavy atom. The average Bonchev–Trinajstić information content (AvgIpc) is 2.26. The molecule has 1 aromatic rings. The minimum absolute atomic E-state index is 0.146. The number of benzene rings is 1. The topological polar surface area (TPSA) is 43.1 Å². The van der Waals surface area contributed by atoms with Gasteiger partial charge in [-0.1, -0.05) is 44.0 Å². The van der Waals surface area contributed by atoms with Crippen LogP contribution in [-0.4, -0.2) is 15.6 Å². The highest BCUT2D eigenvalue weighted by molar-refractivity contribution is 9.09. The maximum absolute atomic E-state index is 10.4. The van der Waals surface area contributed by atoms with Gasteiger partial charge in [-0.25, -0.2) is 0 Å². The first-order valence-corrected chi connectivity index (χ1v) is 6.77. The van der Waals surface area contributed by atoms with Crippen molar-refractivity contribution in [2.24, 2.45) is 5.92 Å². The molecule has 0 amide bonds. The highest BCUT2D eigenvalue weighted by Gasteiger charge is 2.08. The number of rotatable bonds is 5. The summed E-state index contributed by atoms with van der Waals surface area (Å²) in [6.45, 7) is 0. The van der Waals surface area contributed by atoms with Crippen molar-refractivity contribution >= 4 is 37.5 Å². The van der Waals surface area contributed by atoms with Gasteiger partial charge in [0.15, 0.2) is 0 Å². The summed E-state index contributed by atoms with van der Waals surface area (Å²) < 4.78 is 0. The molecule has 0 spiro atoms. The molecule has 0 unspecified atom stereocenters. The standard InChI is InChI=1S/C10H11Br2NO2/c11-6-9(7-12)5-8-1-3-10(4-2-8)13(14)15/h1-4,9H,5-7H2. The zero-order chi connectivity index (χ0) is 11.3. The minimum Gasteiger partial charge on any atom is -0.258 e. The van der Waals surface area contributed by atoms with Gasteiger partial charge < -0.3 is 0 Å². The molecule has 0 saturated heterocycles. The predicted octanol–water partition coefficient (Wildman–Crippen LogP) is 3.54. The Hall–Kier alpha value is -0.420. The second kappa shape index (κ2) is 6.23. The van der Waals surface area contributed by atoms with E-state index in [0.717, 1.165) is 22.6 Å². The molecule has 1 aromatic carbocycles. The molecular formula is C10H11Br2NO2. The van der Waals surface area contributed by atoms with E-state index in [2.05, 4.69) is 31.9 Å². The number of hydrogen-bond acceptors (Lipinski definition) is 2. The Labute approximate surface area is 105 Å². The molecule has 82 valence electrons. The number of nitro benzene ring substituents is 1. The largest absolute Gasteiger partial charge is 0.269 e. The van der Waals surface area contributed by atoms with Crippen molar-refractivity contribution in [2.45, 2.75) is 6.42 Å². The lowest BCUT2D eigenvalue weighted by atomic mass is 10.0. The van der Waals surface area contributed by atoms with E-state index in [1.165, 1.54) is 0 Å². The van der Waals surface area contributed by atoms with Crippen molar-refractivity contribution in [3.63, 3.8) is 0 Å². The van der Waals surface area contributed by atoms with Crippen LogP contribution in [0.2, 0.25) is 0 Å². The highest BCUT2D eigenvalue weighted by Crippen LogP contribution is 2.17. The van der Waals surface area contributed by atoms with Gasteiger partial charge in [-0.05, 0) is 17.9 Å². The zero-order valence-electron chi connectivity index (χ0n) is 8.03. The van der Waals surface area contributed by atoms with Gasteiger partial charge in [0, 0.05) is 22.8 Å². The SMILES string of the molecule is O=[N+]([O-])c1ccc(CC(CBr)CBr)cc1. The second-order valence-electron chi connectivity index (χ2n) is 3.30. The van der Waals surface area contributed by atoms with Crippen molar-refractivity contribution in [1.82, 2.24) is 0 Å². The van der Waals surface area contributed by atoms with Gasteiger partial charge in [-0.15, -0.1) is 0 Å². The van der Waals surface area contributed by atoms with Crippen molar-refractivity contribution < 1.29 is 4.92 Å². The van der Waals surface area contributed by atoms with Gasteiger partial charge in [-0.2, -0.15) is 0 Å². The average molecular weight is 337 g/mol. The van der Waals surface area contributed by atoms with Crippen LogP contribution in [0.25, 0.3) is 0 Å². The number of halogens is 2. The van der Waals surface area contributed by atoms with Crippen LogP contribution in [-0.2, 0) is 6.42 Å². The lowest BCUT2D eigenvalue weighted by Gasteiger charge is -2.09. The minimum atomic E-state index is -0.379. The number of nitro groups is 1. The van der Waals surface area contributed by atoms with E-state index >= 15 is 0 Å². The molecule has 0 atom stereocenters. The van der Waals surface area contributed by atoms with Crippen LogP contribution in [0.15, 0.2) is 24.3 Å². The third-order valence-corrected chi connectivity index (χ3v) is 3.94. The highest BCUT2D eigenvalue weighted by atomic mass is 79.9. The molecule has 0 aromatic heterocycles. The van der Waals surface area contributed by atoms with E-state index in [0.29, 0.717) is 5.92 Å². The monoisotopic (exact) mass is 335 g/mol. The predicted molar refractivity (Wildman–Crippen MR) is 67.9 cm³/mol. The maximum Gasteiger partial charge on any atom is 0.269 e. The normalized spacial score (nSPS) is 10.6. The van der Waals surface area contributed by atoms with Crippen LogP contribution in [0.5, 0.6) is 0 Å². The van der Waals surface area contributed by atoms with Gasteiger partial charge in [-0.3, -0.25) is 10.1 Å². The van der Waals surface area contributed by atoms with Crippen molar-refractivity contribution in [3.05, 3.63) is 39.9 Å². The summed E-state index contributed by atoms with van der Waals surface area (Å²) in [6.07, 6.45) is 0.925. The molecule has 0 radical (unpaired) electrons. The quantitative estimate of drug-likeness (QED) is 0.469. The molecule has 0 fully saturated rings. The molecule has 0 aliphatic carbocycles. The molecular weight excluding hydrogens is 326 g/mol. The molecule has 0 aliphatic rings. The van der Waals surface area contributed by atoms with Crippen LogP contribution in [0.4, 0.5) is 5.69 Å². The summed E-state index contributed by atoms with van der Waals surface area (Å²) in [7, 11) is 0. The van der Waals surface area contributed by atoms with Crippen molar-refractivity contribution in [1.29, 1.82) is 0 Å². The first kappa shape index (κ1) is 12.6. The van der Waals surface area contributed by atoms with E-state index in [4.69, 9.17) is 0 Å². The van der Waals surface area contributed by atoms with E-state index in [-0.39, 0.29) is 10.6 Å². The van der Waals surface area contributed by atoms with Crippen molar-refractivity contribution in [3.8, 4) is 0 Å². The third kappa shape index (κ3) is 3.91. The fourth-order valence-electron chi connectivity index (χ4n) is 1.24. The lowest BCUT2D eigenvalue weighted by Crippen LogP contribution is -2.07. The second-order valence-corrected chi connectivity index (χ2v) is 4.60. The summed E-state index contributed by atoms with van der Waals surface area (Å²) in [4.78, 5) is 10.1. The Bertz CT molecular complexity index is 323. The van der Waals surface area contributed by atoms with Gasteiger partial charge >= 0.3 is 0 Å². The summed E-state index contributed by atoms with van der Waals surface area (Å²) in [5.41, 5.74) is 1.28. The lowest BCUT2D eigenvalue weighted by molar-refractivity contribution is -0.384. The maximum atomic E-state index is 10.4. The first-order chi connectivity index (χ1) is 7.17. The number of alkyl halides is 2. The summed E-state index contributed by atoms with van der Waals surface area (Å²) in [5.74, 6) is 0.520. The van der Waals surface area contributed by atoms with Crippen LogP contribution in [0.3, 0.4) is 0 Å². The van der Waals surface area contributed by atoms with Crippen LogP contribution in [0.1, 0.15) is 5.56 Å². The molecule has 1 rings (SSSR count). The zero-order valence-corrected chi connectivity index (χ0v) is 11.2. The number of nitrogens with zero attached hydrogens (tertiary/aromatic N) is 1. The fourth-order valence-corrected chi connectivity index (χ4v) is 2.77. The molecule has 0 heterocycles. The van der Waals surface area contributed by atoms with E-state index in [1.807, 2.05) is 12.1 Å². The molecule has 0 aliphatic heterocycles. The first-order valence-electron chi connectivity index (χ1n) is 4.52. The molecule has 0 saturated carbocycles. The molecule has 0 N–H and O–H groups in total. The summed E-state index contributed by atoms with van der Waals surface area (Å²) in [6, 6.07) is 6.73. The summed E-state index contributed by atoms with van der Waals surface area (Å²) >= 11 is 6.87. The van der Waals surface area contributed by atoms with Crippen molar-refractivity contribution in [2.75, 3.05) is 10.7 Å². The Morgan fingerprint density at radius 1 is 1.20 bits per heavy atom. The smallest absolute Gasteiger partial charge is 0.258 e. The van der Waals surface area contributed by atoms with Gasteiger partial charge in [0.25, 0.3) is 5.69 Å². The van der Waals surface area contributed by atoms with Gasteiger partial charge in [0.05, 0.1) is 4.92 Å². The molecule has 15 heavy (non-hydrogen) atoms. The third-order valence-electron chi connectivity index (χ3n) is 2.11. The van der Waals surface area contributed by atoms with Crippen LogP contribution < -0.4 is 0 Å². The molecule has 3 nitrogen and oxygen atoms in total. The fraction of sp³-hybridized carbons (Fsp3) is 0.400. The summed E-state index contributed by atoms with van der Waals surface area (Å²) in [5, 5.41) is 12.3. The number of non-ortho nitro benzene ring substituents is 1. The van der Waals surface area contributed by atoms with Crippen LogP contribution >= 0.6 is 31.9 Å². The Kier molecular flexibility index (Phi) is 5.25. The molecule has 0 bridgehead atoms. The van der Waals surface area contributed by atoms with Gasteiger partial charge in [0.2, 0.25) is 0 Å². The van der Waals surface area contributed by atoms with Crippen LogP contribution in [0, 0.1) is 16.0 Å². The number of hydrogen-bond donors (Lipinski definition) is 0. The van der Waals surface area contributed by atoms with E-state index in [9.17, 15) is 10.1 Å². The Morgan fingerprint density at radius 2 is 1.73 bits per heavy atom. The van der Waals surface area contributed by atoms with E-state index < -0.39 is 0 Å².